The van der Waals surface area contributed by atoms with Crippen molar-refractivity contribution in [3.8, 4) is 0 Å². The van der Waals surface area contributed by atoms with E-state index in [2.05, 4.69) is 16.8 Å². The molecule has 1 aliphatic rings. The lowest BCUT2D eigenvalue weighted by atomic mass is 9.99. The molecule has 0 amide bonds. The molecule has 5 nitrogen and oxygen atoms in total. The average Bonchev–Trinajstić information content (AvgIpc) is 2.77. The minimum absolute atomic E-state index is 0.396. The number of nitrogens with two attached hydrogens (primary N) is 1. The largest absolute Gasteiger partial charge is 0.351 e. The van der Waals surface area contributed by atoms with Crippen molar-refractivity contribution in [3.05, 3.63) is 24.0 Å². The summed E-state index contributed by atoms with van der Waals surface area (Å²) in [5.74, 6) is 0.396. The Morgan fingerprint density at radius 1 is 1.47 bits per heavy atom. The summed E-state index contributed by atoms with van der Waals surface area (Å²) in [5, 5.41) is 0. The summed E-state index contributed by atoms with van der Waals surface area (Å²) >= 11 is 0. The van der Waals surface area contributed by atoms with E-state index in [-0.39, 0.29) is 0 Å². The molecule has 1 aromatic heterocycles. The third-order valence-electron chi connectivity index (χ3n) is 3.73. The number of aromatic nitrogens is 1. The van der Waals surface area contributed by atoms with Gasteiger partial charge in [-0.15, -0.1) is 0 Å². The van der Waals surface area contributed by atoms with Crippen molar-refractivity contribution in [2.75, 3.05) is 25.9 Å². The highest BCUT2D eigenvalue weighted by Crippen LogP contribution is 2.21. The van der Waals surface area contributed by atoms with Gasteiger partial charge in [-0.25, -0.2) is 12.7 Å². The van der Waals surface area contributed by atoms with Gasteiger partial charge in [0, 0.05) is 31.5 Å². The molecule has 0 aromatic carbocycles. The van der Waals surface area contributed by atoms with Crippen molar-refractivity contribution in [1.82, 2.24) is 8.87 Å². The van der Waals surface area contributed by atoms with Gasteiger partial charge < -0.3 is 10.3 Å². The van der Waals surface area contributed by atoms with Gasteiger partial charge in [0.2, 0.25) is 10.0 Å². The van der Waals surface area contributed by atoms with Crippen molar-refractivity contribution in [2.45, 2.75) is 25.8 Å². The molecule has 1 aliphatic heterocycles. The first-order valence-electron chi connectivity index (χ1n) is 6.80. The third-order valence-corrected chi connectivity index (χ3v) is 5.00. The lowest BCUT2D eigenvalue weighted by Gasteiger charge is -2.31. The van der Waals surface area contributed by atoms with Gasteiger partial charge in [0.25, 0.3) is 0 Å². The van der Waals surface area contributed by atoms with Crippen molar-refractivity contribution in [1.29, 1.82) is 0 Å². The molecule has 6 heteroatoms. The molecule has 1 fully saturated rings. The first-order valence-corrected chi connectivity index (χ1v) is 8.64. The van der Waals surface area contributed by atoms with Crippen molar-refractivity contribution in [2.24, 2.45) is 11.7 Å². The highest BCUT2D eigenvalue weighted by Gasteiger charge is 2.26. The maximum atomic E-state index is 11.6. The Labute approximate surface area is 115 Å². The van der Waals surface area contributed by atoms with Gasteiger partial charge >= 0.3 is 0 Å². The molecular weight excluding hydrogens is 262 g/mol. The summed E-state index contributed by atoms with van der Waals surface area (Å²) < 4.78 is 27.0. The normalized spacial score (nSPS) is 21.7. The van der Waals surface area contributed by atoms with Gasteiger partial charge in [-0.3, -0.25) is 0 Å². The summed E-state index contributed by atoms with van der Waals surface area (Å²) in [7, 11) is -3.05. The number of nitrogens with zero attached hydrogens (tertiary/aromatic N) is 2. The highest BCUT2D eigenvalue weighted by molar-refractivity contribution is 7.88. The standard InChI is InChI=1S/C13H23N3O2S/c1-19(17,18)16-9-2-4-12(11-16)10-15-8-3-5-13(15)6-7-14/h3,5,8,12H,2,4,6-7,9-11,14H2,1H3. The Balaban J connectivity index is 2.01. The Morgan fingerprint density at radius 3 is 2.95 bits per heavy atom. The van der Waals surface area contributed by atoms with Gasteiger partial charge in [0.05, 0.1) is 6.26 Å². The van der Waals surface area contributed by atoms with Crippen LogP contribution < -0.4 is 5.73 Å². The second-order valence-corrected chi connectivity index (χ2v) is 7.30. The first-order chi connectivity index (χ1) is 9.00. The first kappa shape index (κ1) is 14.6. The Hall–Kier alpha value is -0.850. The van der Waals surface area contributed by atoms with Gasteiger partial charge in [-0.1, -0.05) is 0 Å². The van der Waals surface area contributed by atoms with Crippen LogP contribution in [0.15, 0.2) is 18.3 Å². The molecule has 0 bridgehead atoms. The van der Waals surface area contributed by atoms with Crippen LogP contribution in [0.5, 0.6) is 0 Å². The average molecular weight is 285 g/mol. The van der Waals surface area contributed by atoms with E-state index in [0.717, 1.165) is 25.8 Å². The molecular formula is C13H23N3O2S. The van der Waals surface area contributed by atoms with Gasteiger partial charge in [0.15, 0.2) is 0 Å². The van der Waals surface area contributed by atoms with Crippen LogP contribution in [0.25, 0.3) is 0 Å². The van der Waals surface area contributed by atoms with Crippen LogP contribution in [0.2, 0.25) is 0 Å². The molecule has 1 atom stereocenters. The van der Waals surface area contributed by atoms with Gasteiger partial charge in [-0.05, 0) is 43.9 Å². The zero-order chi connectivity index (χ0) is 13.9. The molecule has 2 rings (SSSR count). The maximum Gasteiger partial charge on any atom is 0.211 e. The predicted octanol–water partition coefficient (Wildman–Crippen LogP) is 0.661. The zero-order valence-electron chi connectivity index (χ0n) is 11.5. The zero-order valence-corrected chi connectivity index (χ0v) is 12.3. The second-order valence-electron chi connectivity index (χ2n) is 5.32. The van der Waals surface area contributed by atoms with E-state index in [1.54, 1.807) is 4.31 Å². The third kappa shape index (κ3) is 3.81. The van der Waals surface area contributed by atoms with E-state index in [1.807, 2.05) is 6.07 Å². The summed E-state index contributed by atoms with van der Waals surface area (Å²) in [4.78, 5) is 0. The molecule has 1 unspecified atom stereocenters. The van der Waals surface area contributed by atoms with Crippen LogP contribution >= 0.6 is 0 Å². The molecule has 19 heavy (non-hydrogen) atoms. The minimum Gasteiger partial charge on any atom is -0.351 e. The van der Waals surface area contributed by atoms with E-state index in [4.69, 9.17) is 5.73 Å². The van der Waals surface area contributed by atoms with Crippen LogP contribution in [0, 0.1) is 5.92 Å². The number of hydrogen-bond acceptors (Lipinski definition) is 3. The SMILES string of the molecule is CS(=O)(=O)N1CCCC(Cn2cccc2CCN)C1. The molecule has 0 aliphatic carbocycles. The Bertz CT molecular complexity index is 510. The summed E-state index contributed by atoms with van der Waals surface area (Å²) in [6.45, 7) is 2.83. The second kappa shape index (κ2) is 6.07. The van der Waals surface area contributed by atoms with Crippen LogP contribution in [-0.2, 0) is 23.0 Å². The fourth-order valence-electron chi connectivity index (χ4n) is 2.76. The topological polar surface area (TPSA) is 68.3 Å². The van der Waals surface area contributed by atoms with Crippen LogP contribution in [0.4, 0.5) is 0 Å². The summed E-state index contributed by atoms with van der Waals surface area (Å²) in [5.41, 5.74) is 6.84. The predicted molar refractivity (Wildman–Crippen MR) is 76.3 cm³/mol. The number of piperidine rings is 1. The van der Waals surface area contributed by atoms with Crippen LogP contribution in [0.3, 0.4) is 0 Å². The van der Waals surface area contributed by atoms with E-state index in [9.17, 15) is 8.42 Å². The monoisotopic (exact) mass is 285 g/mol. The fourth-order valence-corrected chi connectivity index (χ4v) is 3.70. The molecule has 0 radical (unpaired) electrons. The van der Waals surface area contributed by atoms with E-state index < -0.39 is 10.0 Å². The van der Waals surface area contributed by atoms with Crippen molar-refractivity contribution >= 4 is 10.0 Å². The van der Waals surface area contributed by atoms with Gasteiger partial charge in [0.1, 0.15) is 0 Å². The molecule has 0 spiro atoms. The van der Waals surface area contributed by atoms with Gasteiger partial charge in [-0.2, -0.15) is 0 Å². The Kier molecular flexibility index (Phi) is 4.65. The molecule has 2 heterocycles. The number of rotatable bonds is 5. The van der Waals surface area contributed by atoms with Crippen molar-refractivity contribution < 1.29 is 8.42 Å². The maximum absolute atomic E-state index is 11.6. The minimum atomic E-state index is -3.05. The van der Waals surface area contributed by atoms with E-state index in [1.165, 1.54) is 11.9 Å². The number of hydrogen-bond donors (Lipinski definition) is 1. The van der Waals surface area contributed by atoms with Crippen LogP contribution in [0.1, 0.15) is 18.5 Å². The smallest absolute Gasteiger partial charge is 0.211 e. The summed E-state index contributed by atoms with van der Waals surface area (Å²) in [6.07, 6.45) is 6.27. The van der Waals surface area contributed by atoms with Crippen molar-refractivity contribution in [3.63, 3.8) is 0 Å². The van der Waals surface area contributed by atoms with Crippen LogP contribution in [-0.4, -0.2) is 43.2 Å². The molecule has 0 saturated carbocycles. The molecule has 1 saturated heterocycles. The lowest BCUT2D eigenvalue weighted by molar-refractivity contribution is 0.245. The summed E-state index contributed by atoms with van der Waals surface area (Å²) in [6, 6.07) is 4.12. The lowest BCUT2D eigenvalue weighted by Crippen LogP contribution is -2.40. The molecule has 2 N–H and O–H groups in total. The Morgan fingerprint density at radius 2 is 2.26 bits per heavy atom. The van der Waals surface area contributed by atoms with E-state index in [0.29, 0.717) is 25.6 Å². The highest BCUT2D eigenvalue weighted by atomic mass is 32.2. The number of sulfonamides is 1. The quantitative estimate of drug-likeness (QED) is 0.864. The molecule has 108 valence electrons. The van der Waals surface area contributed by atoms with E-state index >= 15 is 0 Å². The molecule has 1 aromatic rings. The fraction of sp³-hybridized carbons (Fsp3) is 0.692.